The minimum Gasteiger partial charge on any atom is -0.350 e. The van der Waals surface area contributed by atoms with Crippen LogP contribution >= 0.6 is 0 Å². The van der Waals surface area contributed by atoms with Crippen LogP contribution in [0.4, 0.5) is 0 Å². The van der Waals surface area contributed by atoms with Crippen molar-refractivity contribution >= 4 is 16.7 Å². The number of carbonyl (C=O) groups is 1. The average Bonchev–Trinajstić information content (AvgIpc) is 2.91. The first kappa shape index (κ1) is 15.0. The fourth-order valence-corrected chi connectivity index (χ4v) is 3.42. The number of carbonyl (C=O) groups excluding carboxylic acids is 1. The predicted octanol–water partition coefficient (Wildman–Crippen LogP) is 3.53. The number of amides is 1. The maximum absolute atomic E-state index is 12.2. The number of nitrogens with one attached hydrogen (secondary N) is 1. The van der Waals surface area contributed by atoms with E-state index in [4.69, 9.17) is 5.73 Å². The largest absolute Gasteiger partial charge is 0.350 e. The van der Waals surface area contributed by atoms with E-state index in [1.165, 1.54) is 10.8 Å². The Balaban J connectivity index is 1.64. The van der Waals surface area contributed by atoms with Gasteiger partial charge in [0.2, 0.25) is 5.91 Å². The zero-order chi connectivity index (χ0) is 15.5. The van der Waals surface area contributed by atoms with Gasteiger partial charge in [-0.2, -0.15) is 0 Å². The number of hydrogen-bond acceptors (Lipinski definition) is 2. The van der Waals surface area contributed by atoms with Gasteiger partial charge in [0.05, 0.1) is 6.04 Å². The summed E-state index contributed by atoms with van der Waals surface area (Å²) in [4.78, 5) is 12.2. The van der Waals surface area contributed by atoms with Crippen LogP contribution in [0.5, 0.6) is 0 Å². The van der Waals surface area contributed by atoms with Crippen molar-refractivity contribution in [1.29, 1.82) is 0 Å². The lowest BCUT2D eigenvalue weighted by molar-refractivity contribution is -0.122. The van der Waals surface area contributed by atoms with Gasteiger partial charge >= 0.3 is 0 Å². The van der Waals surface area contributed by atoms with E-state index in [1.54, 1.807) is 0 Å². The van der Waals surface area contributed by atoms with E-state index < -0.39 is 0 Å². The highest BCUT2D eigenvalue weighted by molar-refractivity contribution is 5.83. The minimum atomic E-state index is 0.0229. The van der Waals surface area contributed by atoms with Crippen LogP contribution in [0.15, 0.2) is 42.5 Å². The molecule has 1 aliphatic carbocycles. The lowest BCUT2D eigenvalue weighted by atomic mass is 9.99. The van der Waals surface area contributed by atoms with Crippen LogP contribution < -0.4 is 11.1 Å². The normalized spacial score (nSPS) is 22.6. The Morgan fingerprint density at radius 3 is 2.73 bits per heavy atom. The van der Waals surface area contributed by atoms with Gasteiger partial charge in [0, 0.05) is 12.5 Å². The van der Waals surface area contributed by atoms with Crippen molar-refractivity contribution in [3.05, 3.63) is 48.0 Å². The average molecular weight is 296 g/mol. The van der Waals surface area contributed by atoms with Crippen LogP contribution in [-0.2, 0) is 4.79 Å². The smallest absolute Gasteiger partial charge is 0.220 e. The molecule has 1 fully saturated rings. The summed E-state index contributed by atoms with van der Waals surface area (Å²) in [6, 6.07) is 14.9. The molecule has 1 amide bonds. The van der Waals surface area contributed by atoms with Crippen LogP contribution in [0.3, 0.4) is 0 Å². The Morgan fingerprint density at radius 1 is 1.23 bits per heavy atom. The molecule has 116 valence electrons. The summed E-state index contributed by atoms with van der Waals surface area (Å²) in [6.45, 7) is 2.04. The number of nitrogens with two attached hydrogens (primary N) is 1. The van der Waals surface area contributed by atoms with Gasteiger partial charge in [0.25, 0.3) is 0 Å². The lowest BCUT2D eigenvalue weighted by Gasteiger charge is -2.18. The monoisotopic (exact) mass is 296 g/mol. The minimum absolute atomic E-state index is 0.0229. The van der Waals surface area contributed by atoms with Crippen molar-refractivity contribution < 1.29 is 4.79 Å². The second kappa shape index (κ2) is 6.49. The van der Waals surface area contributed by atoms with Crippen LogP contribution in [0.1, 0.15) is 44.2 Å². The first-order valence-corrected chi connectivity index (χ1v) is 8.17. The van der Waals surface area contributed by atoms with Crippen molar-refractivity contribution in [3.63, 3.8) is 0 Å². The Morgan fingerprint density at radius 2 is 2.00 bits per heavy atom. The highest BCUT2D eigenvalue weighted by atomic mass is 16.1. The predicted molar refractivity (Wildman–Crippen MR) is 90.4 cm³/mol. The summed E-state index contributed by atoms with van der Waals surface area (Å²) >= 11 is 0. The molecule has 1 aliphatic rings. The van der Waals surface area contributed by atoms with Gasteiger partial charge < -0.3 is 11.1 Å². The molecule has 0 aromatic heterocycles. The highest BCUT2D eigenvalue weighted by Crippen LogP contribution is 2.27. The summed E-state index contributed by atoms with van der Waals surface area (Å²) in [7, 11) is 0. The molecule has 2 aromatic carbocycles. The lowest BCUT2D eigenvalue weighted by Crippen LogP contribution is -2.32. The Kier molecular flexibility index (Phi) is 4.44. The van der Waals surface area contributed by atoms with Crippen molar-refractivity contribution in [3.8, 4) is 0 Å². The van der Waals surface area contributed by atoms with Gasteiger partial charge in [-0.05, 0) is 48.1 Å². The van der Waals surface area contributed by atoms with Crippen molar-refractivity contribution in [2.75, 3.05) is 0 Å². The Bertz CT molecular complexity index is 667. The van der Waals surface area contributed by atoms with E-state index in [2.05, 4.69) is 35.6 Å². The van der Waals surface area contributed by atoms with Crippen LogP contribution in [0.25, 0.3) is 10.8 Å². The topological polar surface area (TPSA) is 55.1 Å². The molecule has 0 radical (unpaired) electrons. The standard InChI is InChI=1S/C19H24N2O/c1-13(21-19(22)12-17-7-4-8-18(17)20)15-10-9-14-5-2-3-6-16(14)11-15/h2-3,5-6,9-11,13,17-18H,4,7-8,12,20H2,1H3,(H,21,22)/t13?,17-,18+/m0/s1. The van der Waals surface area contributed by atoms with Crippen molar-refractivity contribution in [2.24, 2.45) is 11.7 Å². The molecule has 2 aromatic rings. The third-order valence-corrected chi connectivity index (χ3v) is 4.82. The summed E-state index contributed by atoms with van der Waals surface area (Å²) in [5.41, 5.74) is 7.19. The maximum Gasteiger partial charge on any atom is 0.220 e. The molecular weight excluding hydrogens is 272 g/mol. The molecule has 22 heavy (non-hydrogen) atoms. The van der Waals surface area contributed by atoms with Gasteiger partial charge in [-0.1, -0.05) is 42.8 Å². The molecule has 3 atom stereocenters. The fraction of sp³-hybridized carbons (Fsp3) is 0.421. The van der Waals surface area contributed by atoms with Gasteiger partial charge in [-0.25, -0.2) is 0 Å². The molecule has 0 spiro atoms. The molecule has 1 unspecified atom stereocenters. The second-order valence-corrected chi connectivity index (χ2v) is 6.45. The summed E-state index contributed by atoms with van der Waals surface area (Å²) in [6.07, 6.45) is 3.84. The molecule has 3 N–H and O–H groups in total. The van der Waals surface area contributed by atoms with Crippen LogP contribution in [-0.4, -0.2) is 11.9 Å². The van der Waals surface area contributed by atoms with Crippen molar-refractivity contribution in [2.45, 2.75) is 44.7 Å². The summed E-state index contributed by atoms with van der Waals surface area (Å²) < 4.78 is 0. The third-order valence-electron chi connectivity index (χ3n) is 4.82. The molecule has 1 saturated carbocycles. The van der Waals surface area contributed by atoms with E-state index in [0.717, 1.165) is 24.8 Å². The molecule has 3 heteroatoms. The molecular formula is C19H24N2O. The number of hydrogen-bond donors (Lipinski definition) is 2. The van der Waals surface area contributed by atoms with E-state index >= 15 is 0 Å². The molecule has 0 heterocycles. The SMILES string of the molecule is CC(NC(=O)C[C@@H]1CCC[C@H]1N)c1ccc2ccccc2c1. The number of rotatable bonds is 4. The number of fused-ring (bicyclic) bond motifs is 1. The van der Waals surface area contributed by atoms with E-state index in [-0.39, 0.29) is 18.0 Å². The van der Waals surface area contributed by atoms with Gasteiger partial charge in [-0.15, -0.1) is 0 Å². The third kappa shape index (κ3) is 3.30. The first-order valence-electron chi connectivity index (χ1n) is 8.17. The highest BCUT2D eigenvalue weighted by Gasteiger charge is 2.26. The summed E-state index contributed by atoms with van der Waals surface area (Å²) in [5.74, 6) is 0.465. The van der Waals surface area contributed by atoms with E-state index in [1.807, 2.05) is 19.1 Å². The van der Waals surface area contributed by atoms with Crippen molar-refractivity contribution in [1.82, 2.24) is 5.32 Å². The fourth-order valence-electron chi connectivity index (χ4n) is 3.42. The molecule has 0 saturated heterocycles. The van der Waals surface area contributed by atoms with Crippen LogP contribution in [0.2, 0.25) is 0 Å². The van der Waals surface area contributed by atoms with Gasteiger partial charge in [-0.3, -0.25) is 4.79 Å². The zero-order valence-electron chi connectivity index (χ0n) is 13.1. The molecule has 0 aliphatic heterocycles. The quantitative estimate of drug-likeness (QED) is 0.906. The second-order valence-electron chi connectivity index (χ2n) is 6.45. The van der Waals surface area contributed by atoms with Gasteiger partial charge in [0.1, 0.15) is 0 Å². The van der Waals surface area contributed by atoms with E-state index in [0.29, 0.717) is 12.3 Å². The maximum atomic E-state index is 12.2. The molecule has 3 nitrogen and oxygen atoms in total. The Labute approximate surface area is 131 Å². The molecule has 0 bridgehead atoms. The first-order chi connectivity index (χ1) is 10.6. The van der Waals surface area contributed by atoms with Gasteiger partial charge in [0.15, 0.2) is 0 Å². The molecule has 3 rings (SSSR count). The number of benzene rings is 2. The Hall–Kier alpha value is -1.87. The van der Waals surface area contributed by atoms with E-state index in [9.17, 15) is 4.79 Å². The zero-order valence-corrected chi connectivity index (χ0v) is 13.1. The van der Waals surface area contributed by atoms with Crippen LogP contribution in [0, 0.1) is 5.92 Å². The summed E-state index contributed by atoms with van der Waals surface area (Å²) in [5, 5.41) is 5.54.